The van der Waals surface area contributed by atoms with Gasteiger partial charge in [0.15, 0.2) is 0 Å². The predicted molar refractivity (Wildman–Crippen MR) is 89.4 cm³/mol. The molecule has 0 aliphatic heterocycles. The Hall–Kier alpha value is -1.87. The highest BCUT2D eigenvalue weighted by atomic mass is 15.1. The van der Waals surface area contributed by atoms with E-state index in [0.717, 1.165) is 18.8 Å². The molecule has 0 spiro atoms. The summed E-state index contributed by atoms with van der Waals surface area (Å²) in [6, 6.07) is 14.7. The van der Waals surface area contributed by atoms with E-state index in [0.29, 0.717) is 0 Å². The van der Waals surface area contributed by atoms with E-state index in [9.17, 15) is 0 Å². The number of hydrogen-bond acceptors (Lipinski definition) is 3. The van der Waals surface area contributed by atoms with Gasteiger partial charge in [0.2, 0.25) is 0 Å². The topological polar surface area (TPSA) is 28.2 Å². The van der Waals surface area contributed by atoms with Crippen LogP contribution in [0.1, 0.15) is 32.0 Å². The summed E-state index contributed by atoms with van der Waals surface area (Å²) >= 11 is 0. The van der Waals surface area contributed by atoms with E-state index in [1.165, 1.54) is 11.3 Å². The molecule has 0 aliphatic rings. The number of nitrogens with zero attached hydrogens (tertiary/aromatic N) is 2. The molecule has 21 heavy (non-hydrogen) atoms. The van der Waals surface area contributed by atoms with Gasteiger partial charge in [-0.2, -0.15) is 0 Å². The van der Waals surface area contributed by atoms with E-state index in [2.05, 4.69) is 73.4 Å². The summed E-state index contributed by atoms with van der Waals surface area (Å²) in [5.41, 5.74) is 3.74. The second-order valence-electron chi connectivity index (χ2n) is 6.45. The molecule has 0 fully saturated rings. The Morgan fingerprint density at radius 1 is 1.05 bits per heavy atom. The molecule has 0 saturated carbocycles. The standard InChI is InChI=1S/C18H25N3/c1-18(2,3)20-13-15-8-10-17(11-9-15)21(4)14-16-7-5-6-12-19-16/h5-12,20H,13-14H2,1-4H3. The Balaban J connectivity index is 1.95. The van der Waals surface area contributed by atoms with Crippen LogP contribution in [-0.4, -0.2) is 17.6 Å². The highest BCUT2D eigenvalue weighted by Gasteiger charge is 2.08. The second kappa shape index (κ2) is 6.72. The Morgan fingerprint density at radius 3 is 2.33 bits per heavy atom. The molecular weight excluding hydrogens is 258 g/mol. The van der Waals surface area contributed by atoms with E-state index >= 15 is 0 Å². The molecule has 2 aromatic rings. The van der Waals surface area contributed by atoms with Crippen molar-refractivity contribution >= 4 is 5.69 Å². The van der Waals surface area contributed by atoms with Crippen LogP contribution in [0.2, 0.25) is 0 Å². The van der Waals surface area contributed by atoms with Crippen LogP contribution >= 0.6 is 0 Å². The zero-order valence-corrected chi connectivity index (χ0v) is 13.4. The lowest BCUT2D eigenvalue weighted by atomic mass is 10.1. The highest BCUT2D eigenvalue weighted by molar-refractivity contribution is 5.47. The lowest BCUT2D eigenvalue weighted by Gasteiger charge is -2.22. The van der Waals surface area contributed by atoms with Gasteiger partial charge >= 0.3 is 0 Å². The molecule has 3 nitrogen and oxygen atoms in total. The Kier molecular flexibility index (Phi) is 4.97. The lowest BCUT2D eigenvalue weighted by Crippen LogP contribution is -2.35. The molecule has 0 radical (unpaired) electrons. The van der Waals surface area contributed by atoms with Crippen LogP contribution < -0.4 is 10.2 Å². The normalized spacial score (nSPS) is 11.4. The molecule has 112 valence electrons. The van der Waals surface area contributed by atoms with Crippen LogP contribution in [0.15, 0.2) is 48.7 Å². The predicted octanol–water partition coefficient (Wildman–Crippen LogP) is 3.61. The largest absolute Gasteiger partial charge is 0.369 e. The minimum Gasteiger partial charge on any atom is -0.369 e. The summed E-state index contributed by atoms with van der Waals surface area (Å²) in [5, 5.41) is 3.50. The summed E-state index contributed by atoms with van der Waals surface area (Å²) in [4.78, 5) is 6.58. The molecule has 1 aromatic carbocycles. The Bertz CT molecular complexity index is 541. The first-order chi connectivity index (χ1) is 9.94. The monoisotopic (exact) mass is 283 g/mol. The van der Waals surface area contributed by atoms with Gasteiger partial charge in [0, 0.05) is 31.0 Å². The summed E-state index contributed by atoms with van der Waals surface area (Å²) in [7, 11) is 2.09. The lowest BCUT2D eigenvalue weighted by molar-refractivity contribution is 0.424. The van der Waals surface area contributed by atoms with Gasteiger partial charge in [-0.3, -0.25) is 4.98 Å². The maximum Gasteiger partial charge on any atom is 0.0598 e. The van der Waals surface area contributed by atoms with Crippen molar-refractivity contribution in [3.63, 3.8) is 0 Å². The first kappa shape index (κ1) is 15.5. The van der Waals surface area contributed by atoms with Crippen molar-refractivity contribution in [2.24, 2.45) is 0 Å². The fourth-order valence-corrected chi connectivity index (χ4v) is 2.06. The van der Waals surface area contributed by atoms with E-state index in [1.54, 1.807) is 0 Å². The summed E-state index contributed by atoms with van der Waals surface area (Å²) in [6.45, 7) is 8.26. The van der Waals surface area contributed by atoms with Gasteiger partial charge in [0.25, 0.3) is 0 Å². The molecule has 1 N–H and O–H groups in total. The maximum absolute atomic E-state index is 4.37. The van der Waals surface area contributed by atoms with Gasteiger partial charge in [0.05, 0.1) is 12.2 Å². The summed E-state index contributed by atoms with van der Waals surface area (Å²) in [6.07, 6.45) is 1.84. The number of aromatic nitrogens is 1. The molecule has 0 aliphatic carbocycles. The Labute approximate surface area is 128 Å². The number of benzene rings is 1. The number of pyridine rings is 1. The molecule has 0 atom stereocenters. The quantitative estimate of drug-likeness (QED) is 0.908. The molecule has 0 amide bonds. The van der Waals surface area contributed by atoms with Crippen molar-refractivity contribution in [3.05, 3.63) is 59.9 Å². The maximum atomic E-state index is 4.37. The van der Waals surface area contributed by atoms with Crippen LogP contribution in [0.3, 0.4) is 0 Å². The third kappa shape index (κ3) is 5.20. The van der Waals surface area contributed by atoms with E-state index in [-0.39, 0.29) is 5.54 Å². The average Bonchev–Trinajstić information content (AvgIpc) is 2.46. The van der Waals surface area contributed by atoms with Crippen LogP contribution in [-0.2, 0) is 13.1 Å². The molecule has 1 heterocycles. The van der Waals surface area contributed by atoms with Gasteiger partial charge in [0.1, 0.15) is 0 Å². The number of rotatable bonds is 5. The molecule has 0 saturated heterocycles. The molecule has 0 bridgehead atoms. The van der Waals surface area contributed by atoms with Gasteiger partial charge in [-0.15, -0.1) is 0 Å². The van der Waals surface area contributed by atoms with Crippen LogP contribution in [0, 0.1) is 0 Å². The first-order valence-electron chi connectivity index (χ1n) is 7.39. The van der Waals surface area contributed by atoms with Crippen LogP contribution in [0.5, 0.6) is 0 Å². The van der Waals surface area contributed by atoms with E-state index in [4.69, 9.17) is 0 Å². The minimum absolute atomic E-state index is 0.147. The van der Waals surface area contributed by atoms with Gasteiger partial charge < -0.3 is 10.2 Å². The number of anilines is 1. The van der Waals surface area contributed by atoms with E-state index in [1.807, 2.05) is 18.3 Å². The number of hydrogen-bond donors (Lipinski definition) is 1. The van der Waals surface area contributed by atoms with E-state index < -0.39 is 0 Å². The van der Waals surface area contributed by atoms with Crippen LogP contribution in [0.4, 0.5) is 5.69 Å². The highest BCUT2D eigenvalue weighted by Crippen LogP contribution is 2.16. The summed E-state index contributed by atoms with van der Waals surface area (Å²) in [5.74, 6) is 0. The third-order valence-corrected chi connectivity index (χ3v) is 3.33. The fraction of sp³-hybridized carbons (Fsp3) is 0.389. The van der Waals surface area contributed by atoms with Crippen molar-refractivity contribution < 1.29 is 0 Å². The third-order valence-electron chi connectivity index (χ3n) is 3.33. The SMILES string of the molecule is CN(Cc1ccccn1)c1ccc(CNC(C)(C)C)cc1. The fourth-order valence-electron chi connectivity index (χ4n) is 2.06. The minimum atomic E-state index is 0.147. The first-order valence-corrected chi connectivity index (χ1v) is 7.39. The van der Waals surface area contributed by atoms with Crippen molar-refractivity contribution in [2.45, 2.75) is 39.4 Å². The smallest absolute Gasteiger partial charge is 0.0598 e. The zero-order chi connectivity index (χ0) is 15.3. The second-order valence-corrected chi connectivity index (χ2v) is 6.45. The van der Waals surface area contributed by atoms with Gasteiger partial charge in [-0.05, 0) is 50.6 Å². The molecular formula is C18H25N3. The van der Waals surface area contributed by atoms with Gasteiger partial charge in [-0.1, -0.05) is 18.2 Å². The molecule has 2 rings (SSSR count). The molecule has 3 heteroatoms. The van der Waals surface area contributed by atoms with Crippen molar-refractivity contribution in [3.8, 4) is 0 Å². The number of nitrogens with one attached hydrogen (secondary N) is 1. The zero-order valence-electron chi connectivity index (χ0n) is 13.4. The average molecular weight is 283 g/mol. The van der Waals surface area contributed by atoms with Crippen molar-refractivity contribution in [1.29, 1.82) is 0 Å². The van der Waals surface area contributed by atoms with Crippen LogP contribution in [0.25, 0.3) is 0 Å². The van der Waals surface area contributed by atoms with Crippen molar-refractivity contribution in [1.82, 2.24) is 10.3 Å². The molecule has 0 unspecified atom stereocenters. The van der Waals surface area contributed by atoms with Gasteiger partial charge in [-0.25, -0.2) is 0 Å². The van der Waals surface area contributed by atoms with Crippen molar-refractivity contribution in [2.75, 3.05) is 11.9 Å². The summed E-state index contributed by atoms with van der Waals surface area (Å²) < 4.78 is 0. The molecule has 1 aromatic heterocycles. The Morgan fingerprint density at radius 2 is 1.76 bits per heavy atom.